The van der Waals surface area contributed by atoms with Gasteiger partial charge in [0.05, 0.1) is 26.4 Å². The molecule has 0 aromatic carbocycles. The number of hydrogen-bond donors (Lipinski definition) is 1. The van der Waals surface area contributed by atoms with Gasteiger partial charge in [0.2, 0.25) is 0 Å². The van der Waals surface area contributed by atoms with E-state index in [-0.39, 0.29) is 0 Å². The molecular weight excluding hydrogens is 176 g/mol. The second-order valence-electron chi connectivity index (χ2n) is 2.12. The zero-order valence-corrected chi connectivity index (χ0v) is 8.41. The molecule has 0 rings (SSSR count). The number of carboxylic acids is 1. The average Bonchev–Trinajstić information content (AvgIpc) is 2.03. The summed E-state index contributed by atoms with van der Waals surface area (Å²) in [5, 5.41) is 7.42. The Hall–Kier alpha value is -0.650. The normalized spacial score (nSPS) is 8.85. The van der Waals surface area contributed by atoms with Crippen molar-refractivity contribution in [2.75, 3.05) is 40.6 Å². The first-order valence-corrected chi connectivity index (χ1v) is 3.90. The van der Waals surface area contributed by atoms with Crippen LogP contribution in [0, 0.1) is 0 Å². The molecule has 0 heterocycles. The fraction of sp³-hybridized carbons (Fsp3) is 0.875. The van der Waals surface area contributed by atoms with Crippen LogP contribution in [0.2, 0.25) is 0 Å². The van der Waals surface area contributed by atoms with E-state index in [9.17, 15) is 0 Å². The van der Waals surface area contributed by atoms with E-state index in [1.54, 1.807) is 14.2 Å². The summed E-state index contributed by atoms with van der Waals surface area (Å²) < 4.78 is 14.6. The van der Waals surface area contributed by atoms with Gasteiger partial charge in [0, 0.05) is 21.1 Å². The van der Waals surface area contributed by atoms with Gasteiger partial charge in [0.25, 0.3) is 5.97 Å². The third kappa shape index (κ3) is 34.7. The van der Waals surface area contributed by atoms with E-state index in [4.69, 9.17) is 24.1 Å². The van der Waals surface area contributed by atoms with E-state index >= 15 is 0 Å². The Labute approximate surface area is 78.6 Å². The van der Waals surface area contributed by atoms with Crippen LogP contribution < -0.4 is 0 Å². The van der Waals surface area contributed by atoms with Gasteiger partial charge in [-0.1, -0.05) is 0 Å². The minimum absolute atomic E-state index is 0.653. The van der Waals surface area contributed by atoms with Crippen molar-refractivity contribution in [3.63, 3.8) is 0 Å². The number of hydrogen-bond acceptors (Lipinski definition) is 4. The first-order valence-electron chi connectivity index (χ1n) is 3.90. The molecule has 0 spiro atoms. The zero-order chi connectivity index (χ0) is 10.5. The Morgan fingerprint density at radius 1 is 1.08 bits per heavy atom. The van der Waals surface area contributed by atoms with Crippen molar-refractivity contribution in [3.8, 4) is 0 Å². The Balaban J connectivity index is 0. The standard InChI is InChI=1S/C6H14O3.C2H4O2/c1-7-3-5-9-6-4-8-2;1-2(3)4/h3-6H2,1-2H3;1H3,(H,3,4). The van der Waals surface area contributed by atoms with Gasteiger partial charge >= 0.3 is 0 Å². The van der Waals surface area contributed by atoms with Crippen molar-refractivity contribution in [3.05, 3.63) is 0 Å². The number of rotatable bonds is 6. The lowest BCUT2D eigenvalue weighted by atomic mass is 10.7. The summed E-state index contributed by atoms with van der Waals surface area (Å²) in [6.45, 7) is 3.70. The highest BCUT2D eigenvalue weighted by molar-refractivity contribution is 5.62. The fourth-order valence-corrected chi connectivity index (χ4v) is 0.387. The predicted molar refractivity (Wildman–Crippen MR) is 47.9 cm³/mol. The minimum atomic E-state index is -0.833. The Morgan fingerprint density at radius 2 is 1.38 bits per heavy atom. The summed E-state index contributed by atoms with van der Waals surface area (Å²) in [7, 11) is 3.30. The summed E-state index contributed by atoms with van der Waals surface area (Å²) in [4.78, 5) is 9.00. The maximum atomic E-state index is 9.00. The van der Waals surface area contributed by atoms with E-state index in [2.05, 4.69) is 0 Å². The van der Waals surface area contributed by atoms with Crippen molar-refractivity contribution < 1.29 is 24.1 Å². The largest absolute Gasteiger partial charge is 0.481 e. The van der Waals surface area contributed by atoms with E-state index in [0.717, 1.165) is 6.92 Å². The first kappa shape index (κ1) is 14.9. The van der Waals surface area contributed by atoms with E-state index < -0.39 is 5.97 Å². The van der Waals surface area contributed by atoms with Crippen molar-refractivity contribution in [1.82, 2.24) is 0 Å². The summed E-state index contributed by atoms with van der Waals surface area (Å²) in [5.74, 6) is -0.833. The van der Waals surface area contributed by atoms with E-state index in [0.29, 0.717) is 26.4 Å². The highest BCUT2D eigenvalue weighted by atomic mass is 16.5. The molecule has 0 radical (unpaired) electrons. The Bertz CT molecular complexity index is 94.7. The maximum absolute atomic E-state index is 9.00. The highest BCUT2D eigenvalue weighted by Gasteiger charge is 1.84. The SMILES string of the molecule is CC(=O)O.COCCOCCOC. The molecule has 0 saturated carbocycles. The van der Waals surface area contributed by atoms with Crippen molar-refractivity contribution in [1.29, 1.82) is 0 Å². The summed E-state index contributed by atoms with van der Waals surface area (Å²) in [5.41, 5.74) is 0. The van der Waals surface area contributed by atoms with Gasteiger partial charge in [-0.25, -0.2) is 0 Å². The molecule has 0 amide bonds. The van der Waals surface area contributed by atoms with Crippen LogP contribution in [-0.2, 0) is 19.0 Å². The third-order valence-electron chi connectivity index (χ3n) is 0.864. The molecule has 0 bridgehead atoms. The lowest BCUT2D eigenvalue weighted by Crippen LogP contribution is -2.06. The van der Waals surface area contributed by atoms with Gasteiger partial charge in [-0.05, 0) is 0 Å². The number of methoxy groups -OCH3 is 2. The Kier molecular flexibility index (Phi) is 15.9. The van der Waals surface area contributed by atoms with Crippen LogP contribution >= 0.6 is 0 Å². The fourth-order valence-electron chi connectivity index (χ4n) is 0.387. The van der Waals surface area contributed by atoms with Gasteiger partial charge in [-0.2, -0.15) is 0 Å². The highest BCUT2D eigenvalue weighted by Crippen LogP contribution is 1.75. The molecule has 0 aromatic heterocycles. The van der Waals surface area contributed by atoms with Gasteiger partial charge in [-0.3, -0.25) is 4.79 Å². The molecule has 0 fully saturated rings. The smallest absolute Gasteiger partial charge is 0.300 e. The molecule has 0 unspecified atom stereocenters. The predicted octanol–water partition coefficient (Wildman–Crippen LogP) is 0.387. The van der Waals surface area contributed by atoms with Gasteiger partial charge in [0.1, 0.15) is 0 Å². The average molecular weight is 194 g/mol. The lowest BCUT2D eigenvalue weighted by molar-refractivity contribution is -0.134. The molecule has 5 heteroatoms. The molecule has 0 saturated heterocycles. The van der Waals surface area contributed by atoms with Crippen molar-refractivity contribution >= 4 is 5.97 Å². The van der Waals surface area contributed by atoms with Crippen LogP contribution in [0.5, 0.6) is 0 Å². The van der Waals surface area contributed by atoms with Gasteiger partial charge in [0.15, 0.2) is 0 Å². The van der Waals surface area contributed by atoms with Crippen LogP contribution in [0.15, 0.2) is 0 Å². The molecule has 1 N–H and O–H groups in total. The molecule has 0 aliphatic rings. The second-order valence-corrected chi connectivity index (χ2v) is 2.12. The topological polar surface area (TPSA) is 65.0 Å². The lowest BCUT2D eigenvalue weighted by Gasteiger charge is -2.00. The summed E-state index contributed by atoms with van der Waals surface area (Å²) in [6.07, 6.45) is 0. The monoisotopic (exact) mass is 194 g/mol. The van der Waals surface area contributed by atoms with E-state index in [1.165, 1.54) is 0 Å². The zero-order valence-electron chi connectivity index (χ0n) is 8.41. The van der Waals surface area contributed by atoms with Crippen molar-refractivity contribution in [2.24, 2.45) is 0 Å². The van der Waals surface area contributed by atoms with Crippen LogP contribution in [0.25, 0.3) is 0 Å². The maximum Gasteiger partial charge on any atom is 0.300 e. The molecule has 0 aliphatic heterocycles. The van der Waals surface area contributed by atoms with Crippen LogP contribution in [0.1, 0.15) is 6.92 Å². The van der Waals surface area contributed by atoms with Gasteiger partial charge in [-0.15, -0.1) is 0 Å². The minimum Gasteiger partial charge on any atom is -0.481 e. The molecular formula is C8H18O5. The first-order chi connectivity index (χ1) is 6.15. The molecule has 5 nitrogen and oxygen atoms in total. The number of ether oxygens (including phenoxy) is 3. The quantitative estimate of drug-likeness (QED) is 0.619. The van der Waals surface area contributed by atoms with Crippen LogP contribution in [-0.4, -0.2) is 51.7 Å². The summed E-state index contributed by atoms with van der Waals surface area (Å²) >= 11 is 0. The molecule has 80 valence electrons. The molecule has 0 aromatic rings. The summed E-state index contributed by atoms with van der Waals surface area (Å²) in [6, 6.07) is 0. The van der Waals surface area contributed by atoms with Crippen LogP contribution in [0.4, 0.5) is 0 Å². The van der Waals surface area contributed by atoms with Gasteiger partial charge < -0.3 is 19.3 Å². The molecule has 13 heavy (non-hydrogen) atoms. The Morgan fingerprint density at radius 3 is 1.62 bits per heavy atom. The van der Waals surface area contributed by atoms with E-state index in [1.807, 2.05) is 0 Å². The van der Waals surface area contributed by atoms with Crippen LogP contribution in [0.3, 0.4) is 0 Å². The molecule has 0 aliphatic carbocycles. The third-order valence-corrected chi connectivity index (χ3v) is 0.864. The number of carbonyl (C=O) groups is 1. The second kappa shape index (κ2) is 13.9. The number of carboxylic acid groups (broad SMARTS) is 1. The molecule has 0 atom stereocenters. The van der Waals surface area contributed by atoms with Crippen molar-refractivity contribution in [2.45, 2.75) is 6.92 Å². The number of aliphatic carboxylic acids is 1.